The predicted molar refractivity (Wildman–Crippen MR) is 53.4 cm³/mol. The molecule has 2 atom stereocenters. The van der Waals surface area contributed by atoms with Gasteiger partial charge in [0.2, 0.25) is 0 Å². The van der Waals surface area contributed by atoms with Crippen LogP contribution in [0.25, 0.3) is 0 Å². The van der Waals surface area contributed by atoms with Crippen LogP contribution in [0.2, 0.25) is 0 Å². The van der Waals surface area contributed by atoms with Crippen molar-refractivity contribution in [1.82, 2.24) is 5.32 Å². The average molecular weight is 206 g/mol. The molecule has 0 spiro atoms. The lowest BCUT2D eigenvalue weighted by Gasteiger charge is -2.37. The fourth-order valence-electron chi connectivity index (χ4n) is 2.29. The lowest BCUT2D eigenvalue weighted by molar-refractivity contribution is 0.138. The quantitative estimate of drug-likeness (QED) is 0.735. The summed E-state index contributed by atoms with van der Waals surface area (Å²) in [5.41, 5.74) is 5.87. The molecule has 0 aromatic carbocycles. The summed E-state index contributed by atoms with van der Waals surface area (Å²) in [6, 6.07) is 0. The van der Waals surface area contributed by atoms with Crippen molar-refractivity contribution >= 4 is 0 Å². The number of halogens is 2. The van der Waals surface area contributed by atoms with Crippen LogP contribution in [0.4, 0.5) is 8.78 Å². The van der Waals surface area contributed by atoms with Gasteiger partial charge < -0.3 is 11.1 Å². The van der Waals surface area contributed by atoms with Gasteiger partial charge in [-0.3, -0.25) is 0 Å². The Morgan fingerprint density at radius 3 is 2.86 bits per heavy atom. The second-order valence-electron chi connectivity index (χ2n) is 4.59. The molecular formula is C10H20F2N2. The van der Waals surface area contributed by atoms with Crippen molar-refractivity contribution in [2.75, 3.05) is 13.1 Å². The maximum absolute atomic E-state index is 11.9. The van der Waals surface area contributed by atoms with Crippen LogP contribution in [0.5, 0.6) is 0 Å². The van der Waals surface area contributed by atoms with Crippen molar-refractivity contribution in [2.24, 2.45) is 11.7 Å². The fraction of sp³-hybridized carbons (Fsp3) is 1.00. The minimum Gasteiger partial charge on any atom is -0.324 e. The van der Waals surface area contributed by atoms with Crippen molar-refractivity contribution in [3.8, 4) is 0 Å². The highest BCUT2D eigenvalue weighted by molar-refractivity contribution is 4.91. The van der Waals surface area contributed by atoms with Gasteiger partial charge in [0, 0.05) is 12.1 Å². The zero-order valence-corrected chi connectivity index (χ0v) is 8.73. The molecule has 4 heteroatoms. The molecule has 0 bridgehead atoms. The Bertz CT molecular complexity index is 176. The van der Waals surface area contributed by atoms with Gasteiger partial charge in [-0.1, -0.05) is 19.8 Å². The third-order valence-electron chi connectivity index (χ3n) is 2.90. The normalized spacial score (nSPS) is 33.6. The standard InChI is InChI=1S/C10H20F2N2/c1-8-3-2-4-10(13,5-8)7-14-6-9(11)12/h8-9,14H,2-7,13H2,1H3. The highest BCUT2D eigenvalue weighted by Gasteiger charge is 2.30. The number of alkyl halides is 2. The SMILES string of the molecule is CC1CCCC(N)(CNCC(F)F)C1. The van der Waals surface area contributed by atoms with E-state index in [0.29, 0.717) is 12.5 Å². The monoisotopic (exact) mass is 206 g/mol. The van der Waals surface area contributed by atoms with Crippen molar-refractivity contribution < 1.29 is 8.78 Å². The molecule has 0 heterocycles. The maximum Gasteiger partial charge on any atom is 0.250 e. The summed E-state index contributed by atoms with van der Waals surface area (Å²) < 4.78 is 23.8. The van der Waals surface area contributed by atoms with Crippen LogP contribution in [0.15, 0.2) is 0 Å². The van der Waals surface area contributed by atoms with E-state index in [9.17, 15) is 8.78 Å². The van der Waals surface area contributed by atoms with E-state index in [1.165, 1.54) is 6.42 Å². The first-order valence-corrected chi connectivity index (χ1v) is 5.29. The van der Waals surface area contributed by atoms with Crippen LogP contribution in [0, 0.1) is 5.92 Å². The van der Waals surface area contributed by atoms with Crippen molar-refractivity contribution in [3.63, 3.8) is 0 Å². The van der Waals surface area contributed by atoms with E-state index < -0.39 is 6.43 Å². The topological polar surface area (TPSA) is 38.0 Å². The first-order valence-electron chi connectivity index (χ1n) is 5.29. The summed E-state index contributed by atoms with van der Waals surface area (Å²) in [4.78, 5) is 0. The zero-order chi connectivity index (χ0) is 10.6. The lowest BCUT2D eigenvalue weighted by atomic mass is 9.77. The summed E-state index contributed by atoms with van der Waals surface area (Å²) in [5.74, 6) is 0.627. The third kappa shape index (κ3) is 3.88. The molecule has 0 aliphatic heterocycles. The lowest BCUT2D eigenvalue weighted by Crippen LogP contribution is -2.52. The number of hydrogen-bond acceptors (Lipinski definition) is 2. The van der Waals surface area contributed by atoms with Gasteiger partial charge in [0.05, 0.1) is 6.54 Å². The van der Waals surface area contributed by atoms with Gasteiger partial charge in [-0.25, -0.2) is 8.78 Å². The summed E-state index contributed by atoms with van der Waals surface area (Å²) in [6.45, 7) is 2.45. The van der Waals surface area contributed by atoms with Crippen LogP contribution < -0.4 is 11.1 Å². The molecule has 1 rings (SSSR count). The Morgan fingerprint density at radius 2 is 2.29 bits per heavy atom. The Morgan fingerprint density at radius 1 is 1.57 bits per heavy atom. The predicted octanol–water partition coefficient (Wildman–Crippen LogP) is 1.75. The molecule has 84 valence electrons. The van der Waals surface area contributed by atoms with E-state index in [1.807, 2.05) is 0 Å². The molecule has 0 radical (unpaired) electrons. The van der Waals surface area contributed by atoms with Gasteiger partial charge >= 0.3 is 0 Å². The fourth-order valence-corrected chi connectivity index (χ4v) is 2.29. The van der Waals surface area contributed by atoms with E-state index in [1.54, 1.807) is 0 Å². The van der Waals surface area contributed by atoms with Crippen molar-refractivity contribution in [3.05, 3.63) is 0 Å². The molecule has 1 fully saturated rings. The number of nitrogens with one attached hydrogen (secondary N) is 1. The Hall–Kier alpha value is -0.220. The van der Waals surface area contributed by atoms with Crippen molar-refractivity contribution in [2.45, 2.75) is 44.6 Å². The highest BCUT2D eigenvalue weighted by Crippen LogP contribution is 2.29. The molecule has 1 aliphatic rings. The van der Waals surface area contributed by atoms with Crippen LogP contribution in [0.3, 0.4) is 0 Å². The maximum atomic E-state index is 11.9. The number of rotatable bonds is 4. The molecule has 0 saturated heterocycles. The van der Waals surface area contributed by atoms with Gasteiger partial charge in [0.1, 0.15) is 0 Å². The van der Waals surface area contributed by atoms with Gasteiger partial charge in [-0.15, -0.1) is 0 Å². The molecule has 2 unspecified atom stereocenters. The molecular weight excluding hydrogens is 186 g/mol. The first kappa shape index (κ1) is 11.9. The Labute approximate surface area is 84.2 Å². The van der Waals surface area contributed by atoms with Crippen LogP contribution in [-0.4, -0.2) is 25.1 Å². The van der Waals surface area contributed by atoms with Gasteiger partial charge in [-0.2, -0.15) is 0 Å². The molecule has 0 aromatic heterocycles. The smallest absolute Gasteiger partial charge is 0.250 e. The summed E-state index contributed by atoms with van der Waals surface area (Å²) in [6.07, 6.45) is 1.96. The van der Waals surface area contributed by atoms with Crippen LogP contribution in [0.1, 0.15) is 32.6 Å². The second-order valence-corrected chi connectivity index (χ2v) is 4.59. The first-order chi connectivity index (χ1) is 6.52. The molecule has 1 aliphatic carbocycles. The van der Waals surface area contributed by atoms with Gasteiger partial charge in [0.15, 0.2) is 0 Å². The summed E-state index contributed by atoms with van der Waals surface area (Å²) in [5, 5.41) is 2.74. The highest BCUT2D eigenvalue weighted by atomic mass is 19.3. The molecule has 2 nitrogen and oxygen atoms in total. The largest absolute Gasteiger partial charge is 0.324 e. The minimum atomic E-state index is -2.28. The number of nitrogens with two attached hydrogens (primary N) is 1. The van der Waals surface area contributed by atoms with E-state index >= 15 is 0 Å². The van der Waals surface area contributed by atoms with Crippen LogP contribution >= 0.6 is 0 Å². The van der Waals surface area contributed by atoms with Gasteiger partial charge in [0.25, 0.3) is 6.43 Å². The van der Waals surface area contributed by atoms with E-state index in [4.69, 9.17) is 5.73 Å². The van der Waals surface area contributed by atoms with Gasteiger partial charge in [-0.05, 0) is 18.8 Å². The Kier molecular flexibility index (Phi) is 4.26. The molecule has 3 N–H and O–H groups in total. The Balaban J connectivity index is 2.26. The van der Waals surface area contributed by atoms with E-state index in [0.717, 1.165) is 19.3 Å². The minimum absolute atomic E-state index is 0.243. The number of hydrogen-bond donors (Lipinski definition) is 2. The summed E-state index contributed by atoms with van der Waals surface area (Å²) in [7, 11) is 0. The van der Waals surface area contributed by atoms with Crippen LogP contribution in [-0.2, 0) is 0 Å². The van der Waals surface area contributed by atoms with Crippen molar-refractivity contribution in [1.29, 1.82) is 0 Å². The zero-order valence-electron chi connectivity index (χ0n) is 8.73. The molecule has 14 heavy (non-hydrogen) atoms. The van der Waals surface area contributed by atoms with E-state index in [2.05, 4.69) is 12.2 Å². The average Bonchev–Trinajstić information content (AvgIpc) is 2.01. The summed E-state index contributed by atoms with van der Waals surface area (Å²) >= 11 is 0. The molecule has 1 saturated carbocycles. The molecule has 0 aromatic rings. The third-order valence-corrected chi connectivity index (χ3v) is 2.90. The second kappa shape index (κ2) is 5.03. The molecule has 0 amide bonds. The van der Waals surface area contributed by atoms with E-state index in [-0.39, 0.29) is 12.1 Å².